The van der Waals surface area contributed by atoms with E-state index in [9.17, 15) is 0 Å². The maximum atomic E-state index is 9.14. The van der Waals surface area contributed by atoms with Gasteiger partial charge in [0.1, 0.15) is 11.2 Å². The molecule has 71 heavy (non-hydrogen) atoms. The number of nitrogens with zero attached hydrogens (tertiary/aromatic N) is 3. The lowest BCUT2D eigenvalue weighted by Gasteiger charge is -2.14. The molecule has 0 aliphatic carbocycles. The molecular formula is C65H40N4OS. The number of nitrogens with one attached hydrogen (secondary N) is 1. The van der Waals surface area contributed by atoms with Crippen LogP contribution in [0.15, 0.2) is 245 Å². The van der Waals surface area contributed by atoms with Crippen LogP contribution in [0.2, 0.25) is 0 Å². The lowest BCUT2D eigenvalue weighted by molar-refractivity contribution is 0.669. The summed E-state index contributed by atoms with van der Waals surface area (Å²) in [5.74, 6) is 0.559. The smallest absolute Gasteiger partial charge is 0.161 e. The Balaban J connectivity index is 0.949. The Bertz CT molecular complexity index is 4390. The van der Waals surface area contributed by atoms with E-state index in [4.69, 9.17) is 19.8 Å². The van der Waals surface area contributed by atoms with E-state index in [-0.39, 0.29) is 5.84 Å². The van der Waals surface area contributed by atoms with E-state index in [2.05, 4.69) is 168 Å². The number of furan rings is 1. The Hall–Kier alpha value is -9.23. The predicted octanol–water partition coefficient (Wildman–Crippen LogP) is 17.6. The van der Waals surface area contributed by atoms with Gasteiger partial charge in [0.2, 0.25) is 0 Å². The number of para-hydroxylation sites is 1. The number of thiophene rings is 1. The Morgan fingerprint density at radius 1 is 0.437 bits per heavy atom. The molecule has 11 aromatic carbocycles. The molecule has 5 nitrogen and oxygen atoms in total. The van der Waals surface area contributed by atoms with Crippen molar-refractivity contribution in [3.05, 3.63) is 247 Å². The maximum Gasteiger partial charge on any atom is 0.161 e. The van der Waals surface area contributed by atoms with Gasteiger partial charge in [0.25, 0.3) is 0 Å². The van der Waals surface area contributed by atoms with Gasteiger partial charge in [-0.2, -0.15) is 0 Å². The van der Waals surface area contributed by atoms with Crippen molar-refractivity contribution in [2.24, 2.45) is 9.98 Å². The van der Waals surface area contributed by atoms with E-state index in [1.807, 2.05) is 72.9 Å². The minimum atomic E-state index is 0.105. The molecular weight excluding hydrogens is 885 g/mol. The van der Waals surface area contributed by atoms with E-state index in [1.54, 1.807) is 11.3 Å². The predicted molar refractivity (Wildman–Crippen MR) is 301 cm³/mol. The number of hydrogen-bond acceptors (Lipinski definition) is 3. The van der Waals surface area contributed by atoms with E-state index in [1.165, 1.54) is 81.1 Å². The van der Waals surface area contributed by atoms with Gasteiger partial charge in [0, 0.05) is 59.1 Å². The summed E-state index contributed by atoms with van der Waals surface area (Å²) in [5, 5.41) is 21.0. The number of benzene rings is 11. The average Bonchev–Trinajstić information content (AvgIpc) is 4.11. The summed E-state index contributed by atoms with van der Waals surface area (Å²) >= 11 is 1.80. The summed E-state index contributed by atoms with van der Waals surface area (Å²) in [6.07, 6.45) is 1.87. The molecule has 0 radical (unpaired) electrons. The van der Waals surface area contributed by atoms with Gasteiger partial charge in [-0.3, -0.25) is 5.41 Å². The number of aromatic nitrogens is 1. The molecule has 332 valence electrons. The van der Waals surface area contributed by atoms with Crippen LogP contribution < -0.4 is 0 Å². The summed E-state index contributed by atoms with van der Waals surface area (Å²) in [6.45, 7) is 0. The van der Waals surface area contributed by atoms with E-state index in [0.29, 0.717) is 11.4 Å². The zero-order valence-electron chi connectivity index (χ0n) is 38.2. The molecule has 14 aromatic rings. The normalized spacial score (nSPS) is 12.3. The van der Waals surface area contributed by atoms with E-state index < -0.39 is 0 Å². The van der Waals surface area contributed by atoms with Gasteiger partial charge in [-0.1, -0.05) is 182 Å². The lowest BCUT2D eigenvalue weighted by Crippen LogP contribution is -2.04. The van der Waals surface area contributed by atoms with Crippen molar-refractivity contribution in [2.75, 3.05) is 0 Å². The fourth-order valence-electron chi connectivity index (χ4n) is 10.7. The highest BCUT2D eigenvalue weighted by Gasteiger charge is 2.24. The second-order valence-corrected chi connectivity index (χ2v) is 19.1. The summed E-state index contributed by atoms with van der Waals surface area (Å²) in [4.78, 5) is 9.82. The van der Waals surface area contributed by atoms with Crippen LogP contribution in [-0.4, -0.2) is 22.5 Å². The minimum Gasteiger partial charge on any atom is -0.456 e. The molecule has 0 fully saturated rings. The largest absolute Gasteiger partial charge is 0.456 e. The molecule has 0 amide bonds. The SMILES string of the molecule is N=C(N=C(N=Cc1ccc2c(c1)sc1cccc(-n3c4cc(-c5ccccc5)c5ccccc5c4c4c5ccccc5c(-c5ccccc5)cc43)c12)c1ccccc1)c1ccc2c(c1)oc1ccccc12. The first-order valence-electron chi connectivity index (χ1n) is 23.8. The lowest BCUT2D eigenvalue weighted by atomic mass is 9.92. The summed E-state index contributed by atoms with van der Waals surface area (Å²) in [6, 6.07) is 81.3. The third-order valence-electron chi connectivity index (χ3n) is 13.9. The van der Waals surface area contributed by atoms with Crippen LogP contribution in [0.25, 0.3) is 113 Å². The molecule has 0 saturated heterocycles. The van der Waals surface area contributed by atoms with Crippen molar-refractivity contribution in [2.45, 2.75) is 0 Å². The number of hydrogen-bond donors (Lipinski definition) is 1. The van der Waals surface area contributed by atoms with Crippen molar-refractivity contribution < 1.29 is 4.42 Å². The van der Waals surface area contributed by atoms with Gasteiger partial charge >= 0.3 is 0 Å². The van der Waals surface area contributed by atoms with Crippen molar-refractivity contribution in [1.29, 1.82) is 5.41 Å². The Morgan fingerprint density at radius 2 is 1.00 bits per heavy atom. The number of rotatable bonds is 6. The topological polar surface area (TPSA) is 66.6 Å². The Morgan fingerprint density at radius 3 is 1.66 bits per heavy atom. The number of aliphatic imine (C=N–C) groups is 2. The zero-order valence-corrected chi connectivity index (χ0v) is 39.0. The van der Waals surface area contributed by atoms with Crippen molar-refractivity contribution in [1.82, 2.24) is 4.57 Å². The van der Waals surface area contributed by atoms with Gasteiger partial charge < -0.3 is 8.98 Å². The maximum absolute atomic E-state index is 9.14. The van der Waals surface area contributed by atoms with Crippen LogP contribution in [0.3, 0.4) is 0 Å². The zero-order chi connectivity index (χ0) is 47.0. The molecule has 3 heterocycles. The van der Waals surface area contributed by atoms with Crippen LogP contribution in [-0.2, 0) is 0 Å². The summed E-state index contributed by atoms with van der Waals surface area (Å²) in [7, 11) is 0. The standard InChI is InChI=1S/C65H40N4OS/c66-64(44-32-34-48-47-25-14-15-29-57(47)70-58(48)36-44)68-65(43-21-8-3-9-22-43)67-39-40-31-33-51-60(35-40)71-59-30-16-28-54(61(51)59)69-55-37-52(41-17-4-1-5-18-41)45-23-10-12-26-49(45)62(55)63-50-27-13-11-24-46(50)53(38-56(63)69)42-19-6-2-7-20-42/h1-39,66H. The highest BCUT2D eigenvalue weighted by molar-refractivity contribution is 7.26. The van der Waals surface area contributed by atoms with Gasteiger partial charge in [0.15, 0.2) is 11.7 Å². The summed E-state index contributed by atoms with van der Waals surface area (Å²) < 4.78 is 11.1. The fourth-order valence-corrected chi connectivity index (χ4v) is 11.9. The minimum absolute atomic E-state index is 0.105. The Kier molecular flexibility index (Phi) is 9.47. The number of amidine groups is 2. The first kappa shape index (κ1) is 40.8. The average molecular weight is 925 g/mol. The first-order chi connectivity index (χ1) is 35.1. The third-order valence-corrected chi connectivity index (χ3v) is 15.0. The highest BCUT2D eigenvalue weighted by atomic mass is 32.1. The molecule has 0 aliphatic rings. The molecule has 0 atom stereocenters. The molecule has 0 spiro atoms. The second kappa shape index (κ2) is 16.5. The van der Waals surface area contributed by atoms with Crippen LogP contribution in [0, 0.1) is 5.41 Å². The molecule has 14 rings (SSSR count). The monoisotopic (exact) mass is 924 g/mol. The van der Waals surface area contributed by atoms with Crippen molar-refractivity contribution in [3.63, 3.8) is 0 Å². The molecule has 0 bridgehead atoms. The van der Waals surface area contributed by atoms with Crippen LogP contribution in [0.1, 0.15) is 16.7 Å². The van der Waals surface area contributed by atoms with Gasteiger partial charge in [-0.25, -0.2) is 9.98 Å². The fraction of sp³-hybridized carbons (Fsp3) is 0. The second-order valence-electron chi connectivity index (χ2n) is 18.0. The van der Waals surface area contributed by atoms with Gasteiger partial charge in [0.05, 0.1) is 16.7 Å². The number of fused-ring (bicyclic) bond motifs is 13. The molecule has 6 heteroatoms. The van der Waals surface area contributed by atoms with Crippen molar-refractivity contribution in [3.8, 4) is 27.9 Å². The molecule has 0 aliphatic heterocycles. The van der Waals surface area contributed by atoms with Crippen LogP contribution in [0.4, 0.5) is 0 Å². The van der Waals surface area contributed by atoms with E-state index in [0.717, 1.165) is 43.5 Å². The van der Waals surface area contributed by atoms with Crippen LogP contribution in [0.5, 0.6) is 0 Å². The molecule has 3 aromatic heterocycles. The van der Waals surface area contributed by atoms with Crippen molar-refractivity contribution >= 4 is 115 Å². The van der Waals surface area contributed by atoms with Gasteiger partial charge in [-0.05, 0) is 97.9 Å². The Labute approximate surface area is 412 Å². The first-order valence-corrected chi connectivity index (χ1v) is 24.6. The molecule has 0 unspecified atom stereocenters. The van der Waals surface area contributed by atoms with Crippen LogP contribution >= 0.6 is 11.3 Å². The quantitative estimate of drug-likeness (QED) is 0.131. The third kappa shape index (κ3) is 6.72. The molecule has 0 saturated carbocycles. The van der Waals surface area contributed by atoms with E-state index >= 15 is 0 Å². The molecule has 1 N–H and O–H groups in total. The van der Waals surface area contributed by atoms with Gasteiger partial charge in [-0.15, -0.1) is 11.3 Å². The summed E-state index contributed by atoms with van der Waals surface area (Å²) in [5.41, 5.74) is 12.2. The highest BCUT2D eigenvalue weighted by Crippen LogP contribution is 2.48.